The molecule has 0 unspecified atom stereocenters. The van der Waals surface area contributed by atoms with Crippen LogP contribution in [0.3, 0.4) is 0 Å². The summed E-state index contributed by atoms with van der Waals surface area (Å²) in [6.45, 7) is 8.83. The van der Waals surface area contributed by atoms with Crippen LogP contribution in [0.1, 0.15) is 103 Å². The number of likely N-dealkylation sites (N-methyl/N-ethyl adjacent to an activating group) is 1. The van der Waals surface area contributed by atoms with Gasteiger partial charge in [0.05, 0.1) is 12.9 Å². The molecule has 2 aliphatic rings. The van der Waals surface area contributed by atoms with Crippen LogP contribution in [0, 0.1) is 11.8 Å². The average molecular weight is 1220 g/mol. The smallest absolute Gasteiger partial charge is 0.245 e. The largest absolute Gasteiger partial charge is 0.508 e. The highest BCUT2D eigenvalue weighted by molar-refractivity contribution is 5.99. The Morgan fingerprint density at radius 1 is 0.682 bits per heavy atom. The number of carbonyl (C=O) groups excluding carboxylic acids is 10. The van der Waals surface area contributed by atoms with E-state index in [0.29, 0.717) is 36.2 Å². The molecule has 9 atom stereocenters. The van der Waals surface area contributed by atoms with Gasteiger partial charge in [-0.1, -0.05) is 82.3 Å². The molecular weight excluding hydrogens is 1130 g/mol. The number of benzene rings is 3. The number of fused-ring (bicyclic) bond motifs is 1. The van der Waals surface area contributed by atoms with E-state index in [9.17, 15) is 58.2 Å². The number of nitrogens with one attached hydrogen (secondary N) is 10. The number of H-pyrrole nitrogens is 1. The number of guanidine groups is 1. The summed E-state index contributed by atoms with van der Waals surface area (Å²) in [6, 6.07) is 7.13. The van der Waals surface area contributed by atoms with Crippen LogP contribution in [0.5, 0.6) is 5.75 Å². The van der Waals surface area contributed by atoms with Gasteiger partial charge in [-0.05, 0) is 97.7 Å². The molecule has 1 aromatic heterocycles. The van der Waals surface area contributed by atoms with Gasteiger partial charge in [0.25, 0.3) is 0 Å². The second-order valence-electron chi connectivity index (χ2n) is 23.1. The Kier molecular flexibility index (Phi) is 25.6. The van der Waals surface area contributed by atoms with Gasteiger partial charge in [0.1, 0.15) is 60.1 Å². The summed E-state index contributed by atoms with van der Waals surface area (Å²) in [5.74, 6) is -7.53. The molecule has 3 heterocycles. The minimum absolute atomic E-state index is 0.0399. The monoisotopic (exact) mass is 1220 g/mol. The third-order valence-corrected chi connectivity index (χ3v) is 15.1. The Balaban J connectivity index is 1.23. The first-order chi connectivity index (χ1) is 42.0. The fourth-order valence-corrected chi connectivity index (χ4v) is 10.7. The van der Waals surface area contributed by atoms with E-state index < -0.39 is 108 Å². The second kappa shape index (κ2) is 33.1. The van der Waals surface area contributed by atoms with Gasteiger partial charge in [0.15, 0.2) is 5.96 Å². The van der Waals surface area contributed by atoms with Gasteiger partial charge in [-0.15, -0.1) is 0 Å². The fourth-order valence-electron chi connectivity index (χ4n) is 10.7. The summed E-state index contributed by atoms with van der Waals surface area (Å²) in [6.07, 6.45) is 4.17. The highest BCUT2D eigenvalue weighted by Gasteiger charge is 2.40. The minimum atomic E-state index is -1.75. The van der Waals surface area contributed by atoms with Gasteiger partial charge in [0, 0.05) is 57.2 Å². The van der Waals surface area contributed by atoms with Crippen molar-refractivity contribution < 1.29 is 58.2 Å². The van der Waals surface area contributed by atoms with E-state index >= 15 is 0 Å². The van der Waals surface area contributed by atoms with Crippen LogP contribution in [0.2, 0.25) is 0 Å². The molecule has 10 amide bonds. The van der Waals surface area contributed by atoms with Gasteiger partial charge in [0.2, 0.25) is 59.1 Å². The maximum Gasteiger partial charge on any atom is 0.245 e. The van der Waals surface area contributed by atoms with Crippen molar-refractivity contribution in [2.75, 3.05) is 26.2 Å². The molecule has 6 rings (SSSR count). The topological polar surface area (TPSA) is 416 Å². The van der Waals surface area contributed by atoms with E-state index in [1.807, 2.05) is 52.0 Å². The van der Waals surface area contributed by atoms with Crippen LogP contribution in [0.15, 0.2) is 84.2 Å². The lowest BCUT2D eigenvalue weighted by Gasteiger charge is -2.31. The second-order valence-corrected chi connectivity index (χ2v) is 23.1. The Labute approximate surface area is 510 Å². The number of rotatable bonds is 32. The van der Waals surface area contributed by atoms with E-state index in [-0.39, 0.29) is 106 Å². The predicted molar refractivity (Wildman–Crippen MR) is 326 cm³/mol. The van der Waals surface area contributed by atoms with E-state index in [2.05, 4.69) is 62.8 Å². The Bertz CT molecular complexity index is 3090. The van der Waals surface area contributed by atoms with Gasteiger partial charge in [-0.3, -0.25) is 52.9 Å². The molecule has 0 saturated carbocycles. The number of likely N-dealkylation sites (tertiary alicyclic amines) is 1. The molecule has 0 spiro atoms. The number of hydrogen-bond donors (Lipinski definition) is 14. The molecule has 2 fully saturated rings. The number of nitrogens with two attached hydrogens (primary N) is 2. The lowest BCUT2D eigenvalue weighted by molar-refractivity contribution is -0.142. The van der Waals surface area contributed by atoms with E-state index in [1.54, 1.807) is 25.1 Å². The number of aliphatic hydroxyl groups excluding tert-OH is 1. The summed E-state index contributed by atoms with van der Waals surface area (Å²) in [5, 5.41) is 46.9. The first-order valence-electron chi connectivity index (χ1n) is 29.9. The molecule has 2 aliphatic heterocycles. The number of phenolic OH excluding ortho intramolecular Hbond substituents is 1. The number of carbonyl (C=O) groups is 10. The predicted octanol–water partition coefficient (Wildman–Crippen LogP) is -0.766. The van der Waals surface area contributed by atoms with Crippen LogP contribution >= 0.6 is 0 Å². The highest BCUT2D eigenvalue weighted by Crippen LogP contribution is 2.23. The van der Waals surface area contributed by atoms with Crippen molar-refractivity contribution in [2.24, 2.45) is 28.3 Å². The van der Waals surface area contributed by atoms with Crippen molar-refractivity contribution in [2.45, 2.75) is 160 Å². The number of aliphatic imine (C=N–C) groups is 1. The number of aliphatic hydroxyl groups is 1. The summed E-state index contributed by atoms with van der Waals surface area (Å²) in [7, 11) is 0. The number of hydrogen-bond acceptors (Lipinski definition) is 14. The minimum Gasteiger partial charge on any atom is -0.508 e. The number of nitrogens with zero attached hydrogens (tertiary/aromatic N) is 3. The number of imidazole rings is 1. The van der Waals surface area contributed by atoms with Crippen molar-refractivity contribution in [3.05, 3.63) is 96.1 Å². The van der Waals surface area contributed by atoms with Gasteiger partial charge in [-0.25, -0.2) is 4.98 Å². The molecule has 3 aromatic carbocycles. The maximum absolute atomic E-state index is 14.7. The number of aromatic hydroxyl groups is 1. The van der Waals surface area contributed by atoms with Crippen LogP contribution in [-0.4, -0.2) is 171 Å². The molecule has 0 bridgehead atoms. The fraction of sp³-hybridized carbons (Fsp3) is 0.508. The maximum atomic E-state index is 14.7. The number of phenols is 1. The van der Waals surface area contributed by atoms with E-state index in [0.717, 1.165) is 10.8 Å². The first kappa shape index (κ1) is 68.0. The lowest BCUT2D eigenvalue weighted by Crippen LogP contribution is -2.61. The number of amides is 10. The van der Waals surface area contributed by atoms with Crippen LogP contribution < -0.4 is 59.3 Å². The Morgan fingerprint density at radius 3 is 1.83 bits per heavy atom. The van der Waals surface area contributed by atoms with Crippen molar-refractivity contribution in [1.82, 2.24) is 62.7 Å². The Morgan fingerprint density at radius 2 is 1.25 bits per heavy atom. The first-order valence-corrected chi connectivity index (χ1v) is 29.9. The summed E-state index contributed by atoms with van der Waals surface area (Å²) in [5.41, 5.74) is 12.6. The molecule has 0 aliphatic carbocycles. The summed E-state index contributed by atoms with van der Waals surface area (Å²) < 4.78 is 0. The lowest BCUT2D eigenvalue weighted by atomic mass is 9.97. The molecule has 0 radical (unpaired) electrons. The molecule has 476 valence electrons. The highest BCUT2D eigenvalue weighted by atomic mass is 16.3. The zero-order valence-corrected chi connectivity index (χ0v) is 50.4. The van der Waals surface area contributed by atoms with Gasteiger partial charge >= 0.3 is 0 Å². The third kappa shape index (κ3) is 20.2. The number of aromatic amines is 1. The molecule has 2 saturated heterocycles. The van der Waals surface area contributed by atoms with Crippen molar-refractivity contribution >= 4 is 75.8 Å². The van der Waals surface area contributed by atoms with Crippen molar-refractivity contribution in [3.63, 3.8) is 0 Å². The molecule has 88 heavy (non-hydrogen) atoms. The van der Waals surface area contributed by atoms with Crippen LogP contribution in [0.25, 0.3) is 10.8 Å². The molecular formula is C61H85N15O12. The molecule has 4 aromatic rings. The standard InChI is InChI=1S/C61H85N15O12/c1-6-65-59(87)50-17-11-25-76(50)60(88)43(16-10-24-66-61(62)63)69-53(81)44(26-34(2)3)70-54(82)45(27-35(4)5)71-55(83)46(28-36-18-20-40(78)21-19-36)72-58(86)49(32-77)75-56(84)47(29-38-14-9-13-37-12-7-8-15-41(37)38)73-57(85)48(30-39-31-64-33-67-39)74-52(80)42-22-23-51(79)68-42/h7-9,12-15,18-21,31,33-35,42-50,77-78H,6,10-11,16-17,22-30,32H2,1-5H3,(H,64,67)(H,65,87)(H,68,79)(H,69,81)(H,70,82)(H,71,83)(H,72,86)(H,73,85)(H,74,80)(H,75,84)(H4,62,63,66)/t42-,43-,44-,45+,46-,47-,48-,49-,50+/m0/s1. The summed E-state index contributed by atoms with van der Waals surface area (Å²) >= 11 is 0. The Hall–Kier alpha value is -9.14. The molecule has 27 nitrogen and oxygen atoms in total. The molecule has 27 heteroatoms. The zero-order valence-electron chi connectivity index (χ0n) is 50.4. The van der Waals surface area contributed by atoms with Gasteiger partial charge < -0.3 is 79.4 Å². The van der Waals surface area contributed by atoms with Crippen molar-refractivity contribution in [3.8, 4) is 5.75 Å². The third-order valence-electron chi connectivity index (χ3n) is 15.1. The van der Waals surface area contributed by atoms with Crippen molar-refractivity contribution in [1.29, 1.82) is 0 Å². The molecule has 16 N–H and O–H groups in total. The van der Waals surface area contributed by atoms with Crippen LogP contribution in [-0.2, 0) is 67.2 Å². The summed E-state index contributed by atoms with van der Waals surface area (Å²) in [4.78, 5) is 152. The average Bonchev–Trinajstić information content (AvgIpc) is 3.76. The van der Waals surface area contributed by atoms with E-state index in [1.165, 1.54) is 41.7 Å². The van der Waals surface area contributed by atoms with Crippen LogP contribution in [0.4, 0.5) is 0 Å². The normalized spacial score (nSPS) is 17.0. The SMILES string of the molecule is CCNC(=O)[C@H]1CCCN1C(=O)[C@H](CCCN=C(N)N)NC(=O)[C@H](CC(C)C)NC(=O)[C@@H](CC(C)C)NC(=O)[C@H](Cc1ccc(O)cc1)NC(=O)[C@H](CO)NC(=O)[C@H](Cc1cccc2ccccc12)NC(=O)[C@H](Cc1cnc[nH]1)NC(=O)[C@@H]1CCC(=O)N1. The van der Waals surface area contributed by atoms with Gasteiger partial charge in [-0.2, -0.15) is 0 Å². The quantitative estimate of drug-likeness (QED) is 0.0162. The zero-order chi connectivity index (χ0) is 64.0. The number of aromatic nitrogens is 2. The van der Waals surface area contributed by atoms with E-state index in [4.69, 9.17) is 11.5 Å².